The lowest BCUT2D eigenvalue weighted by Crippen LogP contribution is -2.46. The number of fused-ring (bicyclic) bond motifs is 4. The summed E-state index contributed by atoms with van der Waals surface area (Å²) in [5.74, 6) is -0.720. The van der Waals surface area contributed by atoms with E-state index >= 15 is 0 Å². The van der Waals surface area contributed by atoms with Crippen LogP contribution in [-0.2, 0) is 96.6 Å². The van der Waals surface area contributed by atoms with Crippen molar-refractivity contribution in [2.75, 3.05) is 50.7 Å². The first-order chi connectivity index (χ1) is 46.0. The fourth-order valence-corrected chi connectivity index (χ4v) is 17.0. The monoisotopic (exact) mass is 1510 g/mol. The third-order valence-corrected chi connectivity index (χ3v) is 22.1. The number of anilines is 3. The van der Waals surface area contributed by atoms with E-state index < -0.39 is 185 Å². The Labute approximate surface area is 547 Å². The van der Waals surface area contributed by atoms with Crippen molar-refractivity contribution in [1.29, 1.82) is 0 Å². The summed E-state index contributed by atoms with van der Waals surface area (Å²) >= 11 is 5.42. The fourth-order valence-electron chi connectivity index (χ4n) is 11.1. The van der Waals surface area contributed by atoms with Gasteiger partial charge >= 0.3 is 43.7 Å². The summed E-state index contributed by atoms with van der Waals surface area (Å²) in [4.78, 5) is 132. The van der Waals surface area contributed by atoms with Crippen molar-refractivity contribution in [3.8, 4) is 0 Å². The Bertz CT molecular complexity index is 4830. The molecule has 4 fully saturated rings. The lowest BCUT2D eigenvalue weighted by molar-refractivity contribution is -0.745. The Balaban J connectivity index is 0.740. The van der Waals surface area contributed by atoms with Gasteiger partial charge in [-0.05, 0) is 18.7 Å². The minimum Gasteiger partial charge on any atom is -0.387 e. The van der Waals surface area contributed by atoms with Gasteiger partial charge in [0.15, 0.2) is 58.8 Å². The van der Waals surface area contributed by atoms with E-state index in [4.69, 9.17) is 79.8 Å². The molecule has 12 rings (SSSR count). The minimum absolute atomic E-state index is 0.0113. The average Bonchev–Trinajstić information content (AvgIpc) is 1.62. The van der Waals surface area contributed by atoms with Crippen molar-refractivity contribution in [3.05, 3.63) is 68.5 Å². The molecule has 19 N–H and O–H groups in total. The van der Waals surface area contributed by atoms with Crippen molar-refractivity contribution < 1.29 is 132 Å². The quantitative estimate of drug-likeness (QED) is 0.0188. The van der Waals surface area contributed by atoms with Gasteiger partial charge in [0, 0.05) is 7.11 Å². The lowest BCUT2D eigenvalue weighted by Gasteiger charge is -2.28. The second kappa shape index (κ2) is 26.9. The van der Waals surface area contributed by atoms with E-state index in [1.807, 2.05) is 0 Å². The summed E-state index contributed by atoms with van der Waals surface area (Å²) < 4.78 is 129. The average molecular weight is 1510 g/mol. The van der Waals surface area contributed by atoms with Crippen LogP contribution in [0.25, 0.3) is 44.7 Å². The summed E-state index contributed by atoms with van der Waals surface area (Å²) in [6.45, 7) is -8.07. The Hall–Kier alpha value is -6.35. The van der Waals surface area contributed by atoms with E-state index in [9.17, 15) is 82.6 Å². The van der Waals surface area contributed by atoms with Crippen LogP contribution in [0.3, 0.4) is 0 Å². The van der Waals surface area contributed by atoms with Crippen LogP contribution in [0.4, 0.5) is 17.7 Å². The molecule has 4 aliphatic rings. The van der Waals surface area contributed by atoms with Crippen LogP contribution in [-0.4, -0.2) is 230 Å². The molecule has 0 aromatic carbocycles. The number of hydrogen-bond acceptors (Lipinski definition) is 37. The number of imidazole rings is 4. The largest absolute Gasteiger partial charge is 0.490 e. The highest BCUT2D eigenvalue weighted by Gasteiger charge is 2.55. The molecule has 0 radical (unpaired) electrons. The summed E-state index contributed by atoms with van der Waals surface area (Å²) in [7, 11) is -21.3. The molecule has 0 saturated carbocycles. The molecular weight excluding hydrogens is 1450 g/mol. The smallest absolute Gasteiger partial charge is 0.387 e. The van der Waals surface area contributed by atoms with Gasteiger partial charge in [-0.2, -0.15) is 13.6 Å². The number of ether oxygens (including phenoxy) is 5. The highest BCUT2D eigenvalue weighted by molar-refractivity contribution is 8.07. The summed E-state index contributed by atoms with van der Waals surface area (Å²) in [6.07, 6.45) is -22.9. The Morgan fingerprint density at radius 1 is 0.561 bits per heavy atom. The normalized spacial score (nSPS) is 30.7. The first kappa shape index (κ1) is 71.5. The van der Waals surface area contributed by atoms with Crippen LogP contribution in [0.5, 0.6) is 0 Å². The van der Waals surface area contributed by atoms with Gasteiger partial charge in [-0.25, -0.2) is 52.7 Å². The number of aromatic nitrogens is 16. The van der Waals surface area contributed by atoms with Crippen LogP contribution < -0.4 is 38.4 Å². The first-order valence-corrected chi connectivity index (χ1v) is 36.5. The number of aliphatic hydroxyl groups excluding tert-OH is 5. The second-order valence-electron chi connectivity index (χ2n) is 21.8. The van der Waals surface area contributed by atoms with Crippen molar-refractivity contribution in [2.45, 2.75) is 105 Å². The molecule has 98 heavy (non-hydrogen) atoms. The van der Waals surface area contributed by atoms with Crippen LogP contribution in [0.1, 0.15) is 30.7 Å². The Morgan fingerprint density at radius 3 is 1.72 bits per heavy atom. The summed E-state index contributed by atoms with van der Waals surface area (Å²) in [5, 5.41) is 55.6. The number of nitrogens with two attached hydrogens (primary N) is 3. The number of aryl methyl sites for hydroxylation is 2. The van der Waals surface area contributed by atoms with Crippen molar-refractivity contribution in [3.63, 3.8) is 0 Å². The minimum atomic E-state index is -6.29. The second-order valence-corrected chi connectivity index (χ2v) is 30.7. The van der Waals surface area contributed by atoms with Gasteiger partial charge in [0.1, 0.15) is 90.9 Å². The molecule has 21 unspecified atom stereocenters. The standard InChI is InChI=1S/C43H56N19O30P5S/c1-13-52-32-19(35(68)53-13)50-10-60(32)38-24(65)22(63)14(85-38)4-81-93(71,72)89-27-16(87-40(26(27)67)61-11-51-20-33(61)54-42(45)56-36(20)69)7-84-97(79,98)90-28-17(88-41(29(28)80-3)59-9-49-18-30(44)47-8-48-31(18)59)6-83-95(75,76)92-96(77,78)91-94(73,74)82-5-15-23(64)25(66)39(86-15)62-12-58(2)21-34(62)55-43(46)57-37(21)70/h8-12,14-17,22-29,38-41,63-67H,4-7H2,1-3H3,(H13-,44,45,46,47,48,52,53,54,55,56,57,68,69,70,71,72,73,74,75,76,77,78,79,98)/p+1. The third-order valence-electron chi connectivity index (χ3n) is 15.3. The van der Waals surface area contributed by atoms with E-state index in [1.54, 1.807) is 0 Å². The molecule has 4 saturated heterocycles. The number of phosphoric acid groups is 4. The molecule has 0 amide bonds. The lowest BCUT2D eigenvalue weighted by atomic mass is 10.1. The molecule has 49 nitrogen and oxygen atoms in total. The summed E-state index contributed by atoms with van der Waals surface area (Å²) in [6, 6.07) is 0. The van der Waals surface area contributed by atoms with Gasteiger partial charge in [-0.1, -0.05) is 4.98 Å². The molecule has 21 atom stereocenters. The third kappa shape index (κ3) is 14.2. The molecule has 55 heteroatoms. The Kier molecular flexibility index (Phi) is 19.6. The molecule has 0 aliphatic carbocycles. The number of nitrogen functional groups attached to an aromatic ring is 3. The molecule has 0 bridgehead atoms. The van der Waals surface area contributed by atoms with Gasteiger partial charge < -0.3 is 100 Å². The molecule has 8 aromatic rings. The maximum Gasteiger partial charge on any atom is 0.490 e. The molecule has 12 heterocycles. The molecular formula is C43H57N19O30P5S+. The van der Waals surface area contributed by atoms with E-state index in [0.29, 0.717) is 0 Å². The van der Waals surface area contributed by atoms with Crippen LogP contribution >= 0.6 is 38.0 Å². The van der Waals surface area contributed by atoms with Crippen LogP contribution in [0, 0.1) is 6.92 Å². The molecule has 0 spiro atoms. The first-order valence-electron chi connectivity index (χ1n) is 27.9. The number of hydrogen-bond donors (Lipinski definition) is 16. The fraction of sp³-hybridized carbons (Fsp3) is 0.535. The van der Waals surface area contributed by atoms with E-state index in [1.165, 1.54) is 29.4 Å². The van der Waals surface area contributed by atoms with E-state index in [2.05, 4.69) is 63.4 Å². The highest BCUT2D eigenvalue weighted by atomic mass is 32.5. The predicted molar refractivity (Wildman–Crippen MR) is 319 cm³/mol. The number of aromatic amines is 3. The number of nitrogens with zero attached hydrogens (tertiary/aromatic N) is 13. The maximum absolute atomic E-state index is 13.9. The number of methoxy groups -OCH3 is 1. The molecule has 8 aromatic heterocycles. The number of phosphoric ester groups is 3. The van der Waals surface area contributed by atoms with Gasteiger partial charge in [0.2, 0.25) is 17.7 Å². The topological polar surface area (TPSA) is 694 Å². The van der Waals surface area contributed by atoms with Crippen LogP contribution in [0.15, 0.2) is 46.0 Å². The van der Waals surface area contributed by atoms with Gasteiger partial charge in [0.25, 0.3) is 22.6 Å². The zero-order valence-corrected chi connectivity index (χ0v) is 55.1. The predicted octanol–water partition coefficient (Wildman–Crippen LogP) is -5.39. The number of nitrogens with one attached hydrogen (secondary N) is 3. The van der Waals surface area contributed by atoms with Crippen molar-refractivity contribution in [2.24, 2.45) is 7.05 Å². The molecule has 534 valence electrons. The van der Waals surface area contributed by atoms with Crippen LogP contribution in [0.2, 0.25) is 0 Å². The number of H-pyrrole nitrogens is 3. The maximum atomic E-state index is 13.9. The van der Waals surface area contributed by atoms with Crippen molar-refractivity contribution in [1.82, 2.24) is 73.1 Å². The molecule has 4 aliphatic heterocycles. The zero-order chi connectivity index (χ0) is 70.6. The zero-order valence-electron chi connectivity index (χ0n) is 49.8. The van der Waals surface area contributed by atoms with E-state index in [-0.39, 0.29) is 62.2 Å². The van der Waals surface area contributed by atoms with E-state index in [0.717, 1.165) is 46.1 Å². The summed E-state index contributed by atoms with van der Waals surface area (Å²) in [5.41, 5.74) is 14.3. The highest BCUT2D eigenvalue weighted by Crippen LogP contribution is 2.68. The number of rotatable bonds is 25. The SMILES string of the molecule is COC1C(OP(O)(=S)OCC2OC(n3cnc4c(=O)[nH]c(N)nc43)C(O)C2OP(=O)(O)OCC2OC(n3cnc4c(=O)[nH]c(C)nc43)C(O)C2O)C(COP(=O)(O)OP(=O)(O)OP(=O)(O)OCC2OC([n+]3cn(C)c4c(=O)[nH]c(N)nc43)C(O)C2O)OC1n1cnc2c(N)ncnc21. The van der Waals surface area contributed by atoms with Crippen molar-refractivity contribution >= 4 is 112 Å². The number of aliphatic hydroxyl groups is 5. The Morgan fingerprint density at radius 2 is 1.07 bits per heavy atom. The van der Waals surface area contributed by atoms with Gasteiger partial charge in [-0.3, -0.25) is 65.2 Å². The van der Waals surface area contributed by atoms with Gasteiger partial charge in [0.05, 0.1) is 52.5 Å². The van der Waals surface area contributed by atoms with Gasteiger partial charge in [-0.15, -0.1) is 0 Å².